The average molecular weight is 288 g/mol. The maximum absolute atomic E-state index is 5.58. The minimum atomic E-state index is 0.587. The van der Waals surface area contributed by atoms with Crippen LogP contribution in [0.25, 0.3) is 0 Å². The van der Waals surface area contributed by atoms with Crippen molar-refractivity contribution < 1.29 is 4.74 Å². The highest BCUT2D eigenvalue weighted by Crippen LogP contribution is 2.26. The summed E-state index contributed by atoms with van der Waals surface area (Å²) < 4.78 is 5.58. The molecule has 2 aliphatic rings. The predicted molar refractivity (Wildman–Crippen MR) is 87.1 cm³/mol. The first-order valence-electron chi connectivity index (χ1n) is 8.44. The number of likely N-dealkylation sites (tertiary alicyclic amines) is 1. The molecule has 0 bridgehead atoms. The quantitative estimate of drug-likeness (QED) is 0.871. The topological polar surface area (TPSA) is 24.5 Å². The van der Waals surface area contributed by atoms with Crippen LogP contribution in [0.4, 0.5) is 0 Å². The van der Waals surface area contributed by atoms with E-state index in [1.807, 2.05) is 0 Å². The largest absolute Gasteiger partial charge is 0.493 e. The van der Waals surface area contributed by atoms with Gasteiger partial charge >= 0.3 is 0 Å². The van der Waals surface area contributed by atoms with Crippen LogP contribution in [0.1, 0.15) is 37.8 Å². The number of rotatable bonds is 6. The Hall–Kier alpha value is -1.06. The first-order chi connectivity index (χ1) is 10.2. The first-order valence-corrected chi connectivity index (χ1v) is 8.44. The third-order valence-electron chi connectivity index (χ3n) is 4.70. The van der Waals surface area contributed by atoms with E-state index >= 15 is 0 Å². The molecule has 2 heterocycles. The summed E-state index contributed by atoms with van der Waals surface area (Å²) in [5.74, 6) is 1.10. The van der Waals surface area contributed by atoms with Gasteiger partial charge in [0.2, 0.25) is 0 Å². The molecule has 1 N–H and O–H groups in total. The number of nitrogens with zero attached hydrogens (tertiary/aromatic N) is 1. The van der Waals surface area contributed by atoms with E-state index in [0.717, 1.165) is 37.8 Å². The zero-order chi connectivity index (χ0) is 14.7. The standard InChI is InChI=1S/C18H28N2O/c1-14(2)19-13-17-4-3-9-20(17)10-7-15-5-6-18-16(12-15)8-11-21-18/h5-6,12,14,17,19H,3-4,7-11,13H2,1-2H3. The monoisotopic (exact) mass is 288 g/mol. The average Bonchev–Trinajstić information content (AvgIpc) is 3.11. The van der Waals surface area contributed by atoms with Gasteiger partial charge in [0.25, 0.3) is 0 Å². The van der Waals surface area contributed by atoms with Gasteiger partial charge in [-0.2, -0.15) is 0 Å². The van der Waals surface area contributed by atoms with Crippen molar-refractivity contribution in [3.63, 3.8) is 0 Å². The zero-order valence-corrected chi connectivity index (χ0v) is 13.4. The van der Waals surface area contributed by atoms with Gasteiger partial charge in [-0.05, 0) is 43.0 Å². The van der Waals surface area contributed by atoms with Crippen LogP contribution in [-0.2, 0) is 12.8 Å². The summed E-state index contributed by atoms with van der Waals surface area (Å²) in [4.78, 5) is 2.67. The molecule has 3 nitrogen and oxygen atoms in total. The highest BCUT2D eigenvalue weighted by Gasteiger charge is 2.24. The molecular formula is C18H28N2O. The number of nitrogens with one attached hydrogen (secondary N) is 1. The lowest BCUT2D eigenvalue weighted by Gasteiger charge is -2.25. The smallest absolute Gasteiger partial charge is 0.122 e. The van der Waals surface area contributed by atoms with Crippen LogP contribution in [0.2, 0.25) is 0 Å². The molecule has 1 atom stereocenters. The van der Waals surface area contributed by atoms with Crippen molar-refractivity contribution in [2.75, 3.05) is 26.2 Å². The normalized spacial score (nSPS) is 21.8. The second kappa shape index (κ2) is 6.80. The maximum Gasteiger partial charge on any atom is 0.122 e. The Morgan fingerprint density at radius 1 is 1.38 bits per heavy atom. The lowest BCUT2D eigenvalue weighted by atomic mass is 10.1. The molecule has 3 heteroatoms. The zero-order valence-electron chi connectivity index (χ0n) is 13.4. The van der Waals surface area contributed by atoms with E-state index < -0.39 is 0 Å². The van der Waals surface area contributed by atoms with Crippen LogP contribution in [0.3, 0.4) is 0 Å². The van der Waals surface area contributed by atoms with Crippen LogP contribution in [-0.4, -0.2) is 43.2 Å². The van der Waals surface area contributed by atoms with Gasteiger partial charge < -0.3 is 10.1 Å². The highest BCUT2D eigenvalue weighted by atomic mass is 16.5. The number of benzene rings is 1. The van der Waals surface area contributed by atoms with E-state index in [1.54, 1.807) is 0 Å². The summed E-state index contributed by atoms with van der Waals surface area (Å²) in [5.41, 5.74) is 2.86. The number of ether oxygens (including phenoxy) is 1. The molecule has 3 rings (SSSR count). The van der Waals surface area contributed by atoms with Crippen LogP contribution in [0.15, 0.2) is 18.2 Å². The van der Waals surface area contributed by atoms with Crippen molar-refractivity contribution >= 4 is 0 Å². The molecule has 1 aromatic rings. The van der Waals surface area contributed by atoms with E-state index in [0.29, 0.717) is 6.04 Å². The molecule has 1 fully saturated rings. The van der Waals surface area contributed by atoms with E-state index in [2.05, 4.69) is 42.3 Å². The van der Waals surface area contributed by atoms with Gasteiger partial charge in [0.05, 0.1) is 6.61 Å². The van der Waals surface area contributed by atoms with Crippen LogP contribution in [0.5, 0.6) is 5.75 Å². The molecule has 0 saturated carbocycles. The Kier molecular flexibility index (Phi) is 4.81. The third kappa shape index (κ3) is 3.78. The predicted octanol–water partition coefficient (Wildman–Crippen LogP) is 2.63. The van der Waals surface area contributed by atoms with Crippen LogP contribution in [0, 0.1) is 0 Å². The van der Waals surface area contributed by atoms with Gasteiger partial charge in [-0.15, -0.1) is 0 Å². The van der Waals surface area contributed by atoms with Crippen molar-refractivity contribution in [2.24, 2.45) is 0 Å². The second-order valence-corrected chi connectivity index (χ2v) is 6.69. The van der Waals surface area contributed by atoms with Crippen molar-refractivity contribution in [1.82, 2.24) is 10.2 Å². The van der Waals surface area contributed by atoms with Gasteiger partial charge in [-0.3, -0.25) is 4.90 Å². The van der Waals surface area contributed by atoms with Crippen LogP contribution >= 0.6 is 0 Å². The summed E-state index contributed by atoms with van der Waals surface area (Å²) >= 11 is 0. The molecule has 116 valence electrons. The third-order valence-corrected chi connectivity index (χ3v) is 4.70. The van der Waals surface area contributed by atoms with Gasteiger partial charge in [0, 0.05) is 31.6 Å². The fraction of sp³-hybridized carbons (Fsp3) is 0.667. The second-order valence-electron chi connectivity index (χ2n) is 6.69. The molecule has 0 amide bonds. The molecule has 2 aliphatic heterocycles. The van der Waals surface area contributed by atoms with E-state index in [-0.39, 0.29) is 0 Å². The molecule has 0 spiro atoms. The van der Waals surface area contributed by atoms with Crippen molar-refractivity contribution in [2.45, 2.75) is 51.6 Å². The lowest BCUT2D eigenvalue weighted by molar-refractivity contribution is 0.247. The maximum atomic E-state index is 5.58. The van der Waals surface area contributed by atoms with E-state index in [4.69, 9.17) is 4.74 Å². The minimum absolute atomic E-state index is 0.587. The SMILES string of the molecule is CC(C)NCC1CCCN1CCc1ccc2c(c1)CCO2. The molecule has 1 unspecified atom stereocenters. The van der Waals surface area contributed by atoms with E-state index in [9.17, 15) is 0 Å². The van der Waals surface area contributed by atoms with Crippen molar-refractivity contribution in [3.05, 3.63) is 29.3 Å². The van der Waals surface area contributed by atoms with Gasteiger partial charge in [0.1, 0.15) is 5.75 Å². The summed E-state index contributed by atoms with van der Waals surface area (Å²) in [6.45, 7) is 8.89. The number of hydrogen-bond donors (Lipinski definition) is 1. The van der Waals surface area contributed by atoms with E-state index in [1.165, 1.54) is 37.1 Å². The Morgan fingerprint density at radius 3 is 3.14 bits per heavy atom. The molecule has 0 radical (unpaired) electrons. The molecule has 1 saturated heterocycles. The molecular weight excluding hydrogens is 260 g/mol. The summed E-state index contributed by atoms with van der Waals surface area (Å²) in [6, 6.07) is 8.05. The van der Waals surface area contributed by atoms with Gasteiger partial charge in [-0.25, -0.2) is 0 Å². The summed E-state index contributed by atoms with van der Waals surface area (Å²) in [5, 5.41) is 3.59. The Morgan fingerprint density at radius 2 is 2.29 bits per heavy atom. The highest BCUT2D eigenvalue weighted by molar-refractivity contribution is 5.39. The number of fused-ring (bicyclic) bond motifs is 1. The lowest BCUT2D eigenvalue weighted by Crippen LogP contribution is -2.41. The van der Waals surface area contributed by atoms with Crippen molar-refractivity contribution in [3.8, 4) is 5.75 Å². The van der Waals surface area contributed by atoms with Crippen molar-refractivity contribution in [1.29, 1.82) is 0 Å². The summed E-state index contributed by atoms with van der Waals surface area (Å²) in [7, 11) is 0. The molecule has 0 aliphatic carbocycles. The Labute approximate surface area is 128 Å². The minimum Gasteiger partial charge on any atom is -0.493 e. The Bertz CT molecular complexity index is 472. The van der Waals surface area contributed by atoms with Gasteiger partial charge in [0.15, 0.2) is 0 Å². The molecule has 0 aromatic heterocycles. The fourth-order valence-corrected chi connectivity index (χ4v) is 3.46. The fourth-order valence-electron chi connectivity index (χ4n) is 3.46. The van der Waals surface area contributed by atoms with Gasteiger partial charge in [-0.1, -0.05) is 26.0 Å². The van der Waals surface area contributed by atoms with Crippen LogP contribution < -0.4 is 10.1 Å². The molecule has 1 aromatic carbocycles. The molecule has 21 heavy (non-hydrogen) atoms. The number of hydrogen-bond acceptors (Lipinski definition) is 3. The first kappa shape index (κ1) is 14.9. The Balaban J connectivity index is 1.52. The summed E-state index contributed by atoms with van der Waals surface area (Å²) in [6.07, 6.45) is 4.93.